The quantitative estimate of drug-likeness (QED) is 0.315. The summed E-state index contributed by atoms with van der Waals surface area (Å²) >= 11 is 1.41. The fourth-order valence-corrected chi connectivity index (χ4v) is 5.68. The molecule has 0 aliphatic heterocycles. The Labute approximate surface area is 193 Å². The Balaban J connectivity index is 1.92. The molecule has 1 atom stereocenters. The number of nitrogens with zero attached hydrogens (tertiary/aromatic N) is 2. The molecule has 0 spiro atoms. The predicted molar refractivity (Wildman–Crippen MR) is 130 cm³/mol. The van der Waals surface area contributed by atoms with E-state index in [1.807, 2.05) is 56.3 Å². The fourth-order valence-electron chi connectivity index (χ4n) is 3.42. The number of rotatable bonds is 9. The van der Waals surface area contributed by atoms with Gasteiger partial charge >= 0.3 is 0 Å². The van der Waals surface area contributed by atoms with Crippen LogP contribution in [-0.4, -0.2) is 36.1 Å². The Morgan fingerprint density at radius 3 is 2.25 bits per heavy atom. The smallest absolute Gasteiger partial charge is 0.263 e. The van der Waals surface area contributed by atoms with Crippen LogP contribution in [0.4, 0.5) is 11.6 Å². The Morgan fingerprint density at radius 1 is 1.00 bits per heavy atom. The number of nitrogens with one attached hydrogen (secondary N) is 2. The van der Waals surface area contributed by atoms with Crippen molar-refractivity contribution in [2.75, 3.05) is 16.6 Å². The molecule has 0 aliphatic carbocycles. The molecule has 0 saturated carbocycles. The van der Waals surface area contributed by atoms with Gasteiger partial charge in [0.15, 0.2) is 5.16 Å². The molecule has 1 heterocycles. The van der Waals surface area contributed by atoms with Crippen LogP contribution >= 0.6 is 11.8 Å². The van der Waals surface area contributed by atoms with Crippen LogP contribution in [-0.2, 0) is 15.8 Å². The highest BCUT2D eigenvalue weighted by Gasteiger charge is 2.21. The average Bonchev–Trinajstić information content (AvgIpc) is 2.71. The first-order chi connectivity index (χ1) is 15.2. The van der Waals surface area contributed by atoms with E-state index in [9.17, 15) is 13.5 Å². The lowest BCUT2D eigenvalue weighted by Gasteiger charge is -2.16. The molecular weight excluding hydrogens is 444 g/mol. The Morgan fingerprint density at radius 2 is 1.62 bits per heavy atom. The van der Waals surface area contributed by atoms with Crippen LogP contribution in [0.1, 0.15) is 29.2 Å². The molecule has 0 bridgehead atoms. The van der Waals surface area contributed by atoms with Crippen molar-refractivity contribution in [1.82, 2.24) is 9.97 Å². The third-order valence-electron chi connectivity index (χ3n) is 4.70. The van der Waals surface area contributed by atoms with Gasteiger partial charge in [0.2, 0.25) is 0 Å². The van der Waals surface area contributed by atoms with Crippen LogP contribution in [0.25, 0.3) is 0 Å². The number of sulfonamides is 1. The molecular formula is C23H28N4O3S2. The topological polar surface area (TPSA) is 104 Å². The van der Waals surface area contributed by atoms with Gasteiger partial charge in [0.05, 0.1) is 11.5 Å². The molecule has 0 aliphatic rings. The zero-order valence-electron chi connectivity index (χ0n) is 18.6. The monoisotopic (exact) mass is 472 g/mol. The highest BCUT2D eigenvalue weighted by Crippen LogP contribution is 2.27. The second-order valence-electron chi connectivity index (χ2n) is 7.76. The van der Waals surface area contributed by atoms with Gasteiger partial charge in [-0.05, 0) is 44.4 Å². The third-order valence-corrected chi connectivity index (χ3v) is 7.27. The van der Waals surface area contributed by atoms with Gasteiger partial charge in [-0.15, -0.1) is 0 Å². The number of aromatic nitrogens is 2. The van der Waals surface area contributed by atoms with Crippen molar-refractivity contribution >= 4 is 33.4 Å². The molecule has 7 nitrogen and oxygen atoms in total. The van der Waals surface area contributed by atoms with Crippen LogP contribution in [0.5, 0.6) is 0 Å². The van der Waals surface area contributed by atoms with Crippen molar-refractivity contribution < 1.29 is 13.5 Å². The summed E-state index contributed by atoms with van der Waals surface area (Å²) in [6.07, 6.45) is 0. The van der Waals surface area contributed by atoms with Gasteiger partial charge < -0.3 is 10.4 Å². The van der Waals surface area contributed by atoms with Gasteiger partial charge in [0.1, 0.15) is 11.6 Å². The fraction of sp³-hybridized carbons (Fsp3) is 0.304. The Kier molecular flexibility index (Phi) is 7.76. The second-order valence-corrected chi connectivity index (χ2v) is 10.3. The lowest BCUT2D eigenvalue weighted by molar-refractivity contribution is 0.281. The first-order valence-electron chi connectivity index (χ1n) is 10.2. The summed E-state index contributed by atoms with van der Waals surface area (Å²) in [5.74, 6) is 1.25. The summed E-state index contributed by atoms with van der Waals surface area (Å²) in [6.45, 7) is 7.23. The molecule has 3 aromatic rings. The second kappa shape index (κ2) is 10.3. The van der Waals surface area contributed by atoms with Gasteiger partial charge in [-0.25, -0.2) is 18.4 Å². The molecule has 2 aromatic carbocycles. The minimum absolute atomic E-state index is 0.0840. The van der Waals surface area contributed by atoms with E-state index in [0.29, 0.717) is 27.9 Å². The molecule has 9 heteroatoms. The highest BCUT2D eigenvalue weighted by molar-refractivity contribution is 7.98. The van der Waals surface area contributed by atoms with E-state index in [1.165, 1.54) is 17.8 Å². The molecule has 0 saturated heterocycles. The van der Waals surface area contributed by atoms with Crippen molar-refractivity contribution in [2.45, 2.75) is 49.5 Å². The first kappa shape index (κ1) is 24.0. The molecule has 0 radical (unpaired) electrons. The highest BCUT2D eigenvalue weighted by atomic mass is 32.2. The third kappa shape index (κ3) is 6.21. The standard InChI is InChI=1S/C23H28N4O3S2/c1-15-10-16(2)22(17(3)11-15)32(29,30)27-21-12-20(24-18(4)13-28)25-23(26-21)31-14-19-8-6-5-7-9-19/h5-12,18,28H,13-14H2,1-4H3,(H2,24,25,26,27)/t18-/m1/s1. The molecule has 170 valence electrons. The summed E-state index contributed by atoms with van der Waals surface area (Å²) in [6, 6.07) is 14.9. The van der Waals surface area contributed by atoms with Gasteiger partial charge in [0.25, 0.3) is 10.0 Å². The van der Waals surface area contributed by atoms with Crippen molar-refractivity contribution in [1.29, 1.82) is 0 Å². The van der Waals surface area contributed by atoms with Gasteiger partial charge in [-0.1, -0.05) is 59.8 Å². The van der Waals surface area contributed by atoms with Crippen molar-refractivity contribution in [2.24, 2.45) is 0 Å². The van der Waals surface area contributed by atoms with E-state index in [2.05, 4.69) is 20.0 Å². The van der Waals surface area contributed by atoms with Crippen LogP contribution in [0, 0.1) is 20.8 Å². The van der Waals surface area contributed by atoms with Crippen molar-refractivity contribution in [3.8, 4) is 0 Å². The maximum absolute atomic E-state index is 13.2. The molecule has 1 aromatic heterocycles. The zero-order chi connectivity index (χ0) is 23.3. The number of hydrogen-bond acceptors (Lipinski definition) is 7. The van der Waals surface area contributed by atoms with E-state index in [4.69, 9.17) is 0 Å². The maximum Gasteiger partial charge on any atom is 0.263 e. The van der Waals surface area contributed by atoms with E-state index < -0.39 is 10.0 Å². The largest absolute Gasteiger partial charge is 0.394 e. The molecule has 0 unspecified atom stereocenters. The van der Waals surface area contributed by atoms with Gasteiger partial charge in [0, 0.05) is 17.9 Å². The number of aryl methyl sites for hydroxylation is 3. The number of aliphatic hydroxyl groups is 1. The summed E-state index contributed by atoms with van der Waals surface area (Å²) in [5.41, 5.74) is 3.46. The number of thioether (sulfide) groups is 1. The number of anilines is 2. The average molecular weight is 473 g/mol. The lowest BCUT2D eigenvalue weighted by Crippen LogP contribution is -2.21. The summed E-state index contributed by atoms with van der Waals surface area (Å²) < 4.78 is 29.0. The van der Waals surface area contributed by atoms with Crippen LogP contribution in [0.3, 0.4) is 0 Å². The van der Waals surface area contributed by atoms with Crippen LogP contribution < -0.4 is 10.0 Å². The van der Waals surface area contributed by atoms with Gasteiger partial charge in [-0.2, -0.15) is 0 Å². The zero-order valence-corrected chi connectivity index (χ0v) is 20.2. The number of aliphatic hydroxyl groups excluding tert-OH is 1. The molecule has 3 rings (SSSR count). The van der Waals surface area contributed by atoms with Gasteiger partial charge in [-0.3, -0.25) is 4.72 Å². The molecule has 0 amide bonds. The Bertz CT molecular complexity index is 1160. The summed E-state index contributed by atoms with van der Waals surface area (Å²) in [5, 5.41) is 12.9. The number of benzene rings is 2. The minimum atomic E-state index is -3.85. The summed E-state index contributed by atoms with van der Waals surface area (Å²) in [7, 11) is -3.85. The summed E-state index contributed by atoms with van der Waals surface area (Å²) in [4.78, 5) is 9.16. The predicted octanol–water partition coefficient (Wildman–Crippen LogP) is 4.29. The van der Waals surface area contributed by atoms with Crippen LogP contribution in [0.2, 0.25) is 0 Å². The van der Waals surface area contributed by atoms with E-state index in [1.54, 1.807) is 13.8 Å². The normalized spacial score (nSPS) is 12.4. The maximum atomic E-state index is 13.2. The molecule has 32 heavy (non-hydrogen) atoms. The SMILES string of the molecule is Cc1cc(C)c(S(=O)(=O)Nc2cc(N[C@H](C)CO)nc(SCc3ccccc3)n2)c(C)c1. The van der Waals surface area contributed by atoms with E-state index in [0.717, 1.165) is 11.1 Å². The van der Waals surface area contributed by atoms with Crippen molar-refractivity contribution in [3.63, 3.8) is 0 Å². The lowest BCUT2D eigenvalue weighted by atomic mass is 10.1. The van der Waals surface area contributed by atoms with Crippen LogP contribution in [0.15, 0.2) is 58.6 Å². The Hall–Kier alpha value is -2.62. The molecule has 3 N–H and O–H groups in total. The molecule has 0 fully saturated rings. The first-order valence-corrected chi connectivity index (χ1v) is 12.7. The minimum Gasteiger partial charge on any atom is -0.394 e. The van der Waals surface area contributed by atoms with E-state index in [-0.39, 0.29) is 23.4 Å². The van der Waals surface area contributed by atoms with Crippen molar-refractivity contribution in [3.05, 3.63) is 70.8 Å². The van der Waals surface area contributed by atoms with E-state index >= 15 is 0 Å². The number of hydrogen-bond donors (Lipinski definition) is 3.